The highest BCUT2D eigenvalue weighted by Crippen LogP contribution is 2.10. The van der Waals surface area contributed by atoms with Crippen molar-refractivity contribution in [2.45, 2.75) is 13.3 Å². The van der Waals surface area contributed by atoms with E-state index in [0.29, 0.717) is 18.0 Å². The summed E-state index contributed by atoms with van der Waals surface area (Å²) in [5.74, 6) is 1.16. The van der Waals surface area contributed by atoms with Gasteiger partial charge in [0.25, 0.3) is 0 Å². The molecule has 0 saturated carbocycles. The lowest BCUT2D eigenvalue weighted by atomic mass is 10.3. The maximum Gasteiger partial charge on any atom is 0.202 e. The van der Waals surface area contributed by atoms with Crippen LogP contribution in [0.5, 0.6) is 0 Å². The Labute approximate surface area is 80.6 Å². The fourth-order valence-corrected chi connectivity index (χ4v) is 1.12. The number of carbonyl (C=O) groups is 1. The van der Waals surface area contributed by atoms with Gasteiger partial charge in [-0.3, -0.25) is 4.79 Å². The van der Waals surface area contributed by atoms with Crippen molar-refractivity contribution in [1.29, 1.82) is 0 Å². The van der Waals surface area contributed by atoms with Gasteiger partial charge in [-0.2, -0.15) is 0 Å². The van der Waals surface area contributed by atoms with E-state index in [9.17, 15) is 4.79 Å². The van der Waals surface area contributed by atoms with Crippen LogP contribution < -0.4 is 0 Å². The van der Waals surface area contributed by atoms with Gasteiger partial charge in [-0.15, -0.1) is 0 Å². The van der Waals surface area contributed by atoms with Crippen LogP contribution in [-0.4, -0.2) is 10.8 Å². The Bertz CT molecular complexity index is 428. The predicted molar refractivity (Wildman–Crippen MR) is 48.0 cm³/mol. The average Bonchev–Trinajstić information content (AvgIpc) is 2.75. The minimum atomic E-state index is -0.0977. The van der Waals surface area contributed by atoms with Crippen molar-refractivity contribution < 1.29 is 13.6 Å². The molecule has 0 bridgehead atoms. The molecule has 0 atom stereocenters. The molecular formula is C10H9NO3. The number of carbonyl (C=O) groups excluding carboxylic acids is 1. The fourth-order valence-electron chi connectivity index (χ4n) is 1.12. The second kappa shape index (κ2) is 3.49. The second-order valence-corrected chi connectivity index (χ2v) is 2.94. The molecule has 4 nitrogen and oxygen atoms in total. The molecule has 4 heteroatoms. The van der Waals surface area contributed by atoms with E-state index >= 15 is 0 Å². The number of oxazole rings is 1. The van der Waals surface area contributed by atoms with E-state index < -0.39 is 0 Å². The molecule has 0 aliphatic heterocycles. The molecule has 0 fully saturated rings. The third kappa shape index (κ3) is 1.74. The van der Waals surface area contributed by atoms with Gasteiger partial charge >= 0.3 is 0 Å². The van der Waals surface area contributed by atoms with Gasteiger partial charge in [-0.1, -0.05) is 0 Å². The van der Waals surface area contributed by atoms with Gasteiger partial charge in [0.1, 0.15) is 17.7 Å². The number of nitrogens with zero attached hydrogens (tertiary/aromatic N) is 1. The van der Waals surface area contributed by atoms with Crippen molar-refractivity contribution in [2.24, 2.45) is 0 Å². The van der Waals surface area contributed by atoms with Crippen LogP contribution in [-0.2, 0) is 6.42 Å². The standard InChI is InChI=1S/C10H9NO3/c1-7(12)9-6-14-10(11-9)5-8-3-2-4-13-8/h2-4,6H,5H2,1H3. The zero-order chi connectivity index (χ0) is 9.97. The smallest absolute Gasteiger partial charge is 0.202 e. The van der Waals surface area contributed by atoms with E-state index in [4.69, 9.17) is 8.83 Å². The molecule has 0 aliphatic rings. The van der Waals surface area contributed by atoms with Crippen LogP contribution in [0.25, 0.3) is 0 Å². The Morgan fingerprint density at radius 2 is 2.36 bits per heavy atom. The number of aromatic nitrogens is 1. The van der Waals surface area contributed by atoms with E-state index in [2.05, 4.69) is 4.98 Å². The zero-order valence-corrected chi connectivity index (χ0v) is 7.69. The van der Waals surface area contributed by atoms with E-state index in [0.717, 1.165) is 5.76 Å². The van der Waals surface area contributed by atoms with E-state index in [1.54, 1.807) is 12.3 Å². The minimum absolute atomic E-state index is 0.0977. The maximum atomic E-state index is 10.9. The first kappa shape index (κ1) is 8.74. The van der Waals surface area contributed by atoms with Crippen molar-refractivity contribution in [2.75, 3.05) is 0 Å². The van der Waals surface area contributed by atoms with Crippen molar-refractivity contribution >= 4 is 5.78 Å². The summed E-state index contributed by atoms with van der Waals surface area (Å²) in [6.45, 7) is 1.45. The highest BCUT2D eigenvalue weighted by Gasteiger charge is 2.09. The first-order valence-corrected chi connectivity index (χ1v) is 4.23. The van der Waals surface area contributed by atoms with E-state index in [1.807, 2.05) is 6.07 Å². The van der Waals surface area contributed by atoms with Crippen LogP contribution in [0.3, 0.4) is 0 Å². The summed E-state index contributed by atoms with van der Waals surface area (Å²) < 4.78 is 10.2. The first-order valence-electron chi connectivity index (χ1n) is 4.23. The molecule has 0 aromatic carbocycles. The fraction of sp³-hybridized carbons (Fsp3) is 0.200. The van der Waals surface area contributed by atoms with Gasteiger partial charge in [-0.05, 0) is 12.1 Å². The molecule has 0 spiro atoms. The van der Waals surface area contributed by atoms with Crippen molar-refractivity contribution in [3.63, 3.8) is 0 Å². The number of hydrogen-bond acceptors (Lipinski definition) is 4. The Kier molecular flexibility index (Phi) is 2.18. The topological polar surface area (TPSA) is 56.2 Å². The number of hydrogen-bond donors (Lipinski definition) is 0. The minimum Gasteiger partial charge on any atom is -0.469 e. The van der Waals surface area contributed by atoms with Gasteiger partial charge < -0.3 is 8.83 Å². The average molecular weight is 191 g/mol. The summed E-state index contributed by atoms with van der Waals surface area (Å²) in [6, 6.07) is 3.63. The number of furan rings is 1. The van der Waals surface area contributed by atoms with Gasteiger partial charge in [0.15, 0.2) is 5.78 Å². The lowest BCUT2D eigenvalue weighted by Gasteiger charge is -1.88. The molecule has 2 aromatic rings. The largest absolute Gasteiger partial charge is 0.469 e. The molecule has 72 valence electrons. The van der Waals surface area contributed by atoms with Crippen molar-refractivity contribution in [1.82, 2.24) is 4.98 Å². The summed E-state index contributed by atoms with van der Waals surface area (Å²) in [6.07, 6.45) is 3.42. The summed E-state index contributed by atoms with van der Waals surface area (Å²) >= 11 is 0. The van der Waals surface area contributed by atoms with Crippen LogP contribution in [0, 0.1) is 0 Å². The summed E-state index contributed by atoms with van der Waals surface area (Å²) in [7, 11) is 0. The Balaban J connectivity index is 2.14. The van der Waals surface area contributed by atoms with Gasteiger partial charge in [0.05, 0.1) is 12.7 Å². The molecule has 0 amide bonds. The Morgan fingerprint density at radius 1 is 1.50 bits per heavy atom. The number of rotatable bonds is 3. The highest BCUT2D eigenvalue weighted by atomic mass is 16.4. The third-order valence-electron chi connectivity index (χ3n) is 1.82. The van der Waals surface area contributed by atoms with Crippen molar-refractivity contribution in [3.05, 3.63) is 42.0 Å². The molecular weight excluding hydrogens is 182 g/mol. The Hall–Kier alpha value is -1.84. The monoisotopic (exact) mass is 191 g/mol. The summed E-state index contributed by atoms with van der Waals surface area (Å²) in [4.78, 5) is 14.9. The third-order valence-corrected chi connectivity index (χ3v) is 1.82. The number of ketones is 1. The predicted octanol–water partition coefficient (Wildman–Crippen LogP) is 2.06. The van der Waals surface area contributed by atoms with E-state index in [1.165, 1.54) is 13.2 Å². The van der Waals surface area contributed by atoms with Crippen molar-refractivity contribution in [3.8, 4) is 0 Å². The summed E-state index contributed by atoms with van der Waals surface area (Å²) in [5, 5.41) is 0. The van der Waals surface area contributed by atoms with Crippen LogP contribution >= 0.6 is 0 Å². The lowest BCUT2D eigenvalue weighted by Crippen LogP contribution is -1.93. The van der Waals surface area contributed by atoms with Crippen LogP contribution in [0.15, 0.2) is 33.5 Å². The zero-order valence-electron chi connectivity index (χ0n) is 7.69. The molecule has 2 heterocycles. The molecule has 2 rings (SSSR count). The molecule has 0 saturated heterocycles. The molecule has 0 unspecified atom stereocenters. The molecule has 0 aliphatic carbocycles. The van der Waals surface area contributed by atoms with Gasteiger partial charge in [0, 0.05) is 6.92 Å². The van der Waals surface area contributed by atoms with Gasteiger partial charge in [0.2, 0.25) is 5.89 Å². The lowest BCUT2D eigenvalue weighted by molar-refractivity contribution is 0.101. The second-order valence-electron chi connectivity index (χ2n) is 2.94. The SMILES string of the molecule is CC(=O)c1coc(Cc2ccco2)n1. The van der Waals surface area contributed by atoms with Crippen LogP contribution in [0.1, 0.15) is 29.1 Å². The highest BCUT2D eigenvalue weighted by molar-refractivity contribution is 5.91. The molecule has 0 radical (unpaired) electrons. The molecule has 14 heavy (non-hydrogen) atoms. The molecule has 0 N–H and O–H groups in total. The Morgan fingerprint density at radius 3 is 2.93 bits per heavy atom. The van der Waals surface area contributed by atoms with Gasteiger partial charge in [-0.25, -0.2) is 4.98 Å². The molecule has 2 aromatic heterocycles. The summed E-state index contributed by atoms with van der Waals surface area (Å²) in [5.41, 5.74) is 0.353. The maximum absolute atomic E-state index is 10.9. The van der Waals surface area contributed by atoms with Crippen LogP contribution in [0.4, 0.5) is 0 Å². The number of Topliss-reactive ketones (excluding diaryl/α,β-unsaturated/α-hetero) is 1. The normalized spacial score (nSPS) is 10.4. The van der Waals surface area contributed by atoms with E-state index in [-0.39, 0.29) is 5.78 Å². The quantitative estimate of drug-likeness (QED) is 0.697. The van der Waals surface area contributed by atoms with Crippen LogP contribution in [0.2, 0.25) is 0 Å². The first-order chi connectivity index (χ1) is 6.75.